The normalized spacial score (nSPS) is 10.4. The van der Waals surface area contributed by atoms with Gasteiger partial charge in [0.15, 0.2) is 0 Å². The summed E-state index contributed by atoms with van der Waals surface area (Å²) in [6.45, 7) is -3.22. The molecule has 4 nitrogen and oxygen atoms in total. The minimum Gasteiger partial charge on any atom is -0.434 e. The van der Waals surface area contributed by atoms with Crippen LogP contribution in [0, 0.1) is 5.82 Å². The van der Waals surface area contributed by atoms with Crippen LogP contribution in [0.25, 0.3) is 0 Å². The van der Waals surface area contributed by atoms with Crippen LogP contribution in [0.5, 0.6) is 5.75 Å². The van der Waals surface area contributed by atoms with Gasteiger partial charge in [0, 0.05) is 0 Å². The lowest BCUT2D eigenvalue weighted by atomic mass is 10.1. The molecule has 0 aliphatic rings. The number of rotatable bonds is 5. The first-order chi connectivity index (χ1) is 11.0. The Balaban J connectivity index is 2.13. The molecule has 7 heteroatoms. The van der Waals surface area contributed by atoms with E-state index in [-0.39, 0.29) is 6.42 Å². The fraction of sp³-hybridized carbons (Fsp3) is 0.125. The maximum Gasteiger partial charge on any atom is 0.387 e. The number of amides is 2. The van der Waals surface area contributed by atoms with Crippen LogP contribution < -0.4 is 10.1 Å². The second-order valence-corrected chi connectivity index (χ2v) is 4.53. The number of carbonyl (C=O) groups excluding carboxylic acids is 2. The van der Waals surface area contributed by atoms with Crippen LogP contribution in [0.2, 0.25) is 0 Å². The third-order valence-corrected chi connectivity index (χ3v) is 2.88. The van der Waals surface area contributed by atoms with Crippen molar-refractivity contribution >= 4 is 11.8 Å². The Labute approximate surface area is 129 Å². The van der Waals surface area contributed by atoms with Crippen LogP contribution in [0.15, 0.2) is 48.5 Å². The quantitative estimate of drug-likeness (QED) is 0.920. The number of hydrogen-bond acceptors (Lipinski definition) is 3. The molecule has 2 aromatic rings. The highest BCUT2D eigenvalue weighted by atomic mass is 19.3. The number of ether oxygens (including phenoxy) is 1. The maximum absolute atomic E-state index is 13.7. The molecular formula is C16H12F3NO3. The molecule has 2 aromatic carbocycles. The van der Waals surface area contributed by atoms with Gasteiger partial charge in [-0.2, -0.15) is 8.78 Å². The summed E-state index contributed by atoms with van der Waals surface area (Å²) in [6, 6.07) is 11.6. The predicted octanol–water partition coefficient (Wildman–Crippen LogP) is 2.93. The van der Waals surface area contributed by atoms with Crippen LogP contribution >= 0.6 is 0 Å². The average molecular weight is 323 g/mol. The molecule has 2 rings (SSSR count). The molecule has 1 N–H and O–H groups in total. The van der Waals surface area contributed by atoms with Gasteiger partial charge in [0.05, 0.1) is 6.42 Å². The number of halogens is 3. The van der Waals surface area contributed by atoms with Gasteiger partial charge in [-0.25, -0.2) is 4.39 Å². The Morgan fingerprint density at radius 3 is 2.39 bits per heavy atom. The van der Waals surface area contributed by atoms with Gasteiger partial charge in [-0.3, -0.25) is 14.9 Å². The molecule has 120 valence electrons. The fourth-order valence-corrected chi connectivity index (χ4v) is 1.93. The van der Waals surface area contributed by atoms with E-state index in [2.05, 4.69) is 4.74 Å². The summed E-state index contributed by atoms with van der Waals surface area (Å²) in [6.07, 6.45) is -0.105. The third kappa shape index (κ3) is 4.57. The van der Waals surface area contributed by atoms with E-state index in [0.29, 0.717) is 5.56 Å². The molecule has 0 aliphatic heterocycles. The van der Waals surface area contributed by atoms with E-state index in [1.807, 2.05) is 5.32 Å². The molecule has 23 heavy (non-hydrogen) atoms. The average Bonchev–Trinajstić information content (AvgIpc) is 2.47. The Kier molecular flexibility index (Phi) is 5.35. The van der Waals surface area contributed by atoms with Crippen molar-refractivity contribution < 1.29 is 27.5 Å². The van der Waals surface area contributed by atoms with Gasteiger partial charge in [0.2, 0.25) is 5.91 Å². The highest BCUT2D eigenvalue weighted by Gasteiger charge is 2.22. The van der Waals surface area contributed by atoms with E-state index in [1.54, 1.807) is 30.3 Å². The number of carbonyl (C=O) groups is 2. The number of benzene rings is 2. The summed E-state index contributed by atoms with van der Waals surface area (Å²) in [5.74, 6) is -3.52. The third-order valence-electron chi connectivity index (χ3n) is 2.88. The van der Waals surface area contributed by atoms with Crippen molar-refractivity contribution in [3.05, 3.63) is 65.5 Å². The van der Waals surface area contributed by atoms with Crippen LogP contribution in [-0.4, -0.2) is 18.4 Å². The summed E-state index contributed by atoms with van der Waals surface area (Å²) in [7, 11) is 0. The highest BCUT2D eigenvalue weighted by molar-refractivity contribution is 6.06. The van der Waals surface area contributed by atoms with Gasteiger partial charge in [0.25, 0.3) is 5.91 Å². The summed E-state index contributed by atoms with van der Waals surface area (Å²) in [5.41, 5.74) is -0.0930. The molecule has 0 heterocycles. The van der Waals surface area contributed by atoms with Crippen molar-refractivity contribution in [3.63, 3.8) is 0 Å². The van der Waals surface area contributed by atoms with Crippen LogP contribution in [-0.2, 0) is 11.2 Å². The standard InChI is InChI=1S/C16H12F3NO3/c17-11-7-4-8-12(23-16(18)19)14(11)15(22)20-13(21)9-10-5-2-1-3-6-10/h1-8,16H,9H2,(H,20,21,22). The fourth-order valence-electron chi connectivity index (χ4n) is 1.93. The molecule has 0 atom stereocenters. The Bertz CT molecular complexity index is 705. The van der Waals surface area contributed by atoms with E-state index < -0.39 is 35.6 Å². The van der Waals surface area contributed by atoms with Gasteiger partial charge in [0.1, 0.15) is 17.1 Å². The largest absolute Gasteiger partial charge is 0.434 e. The lowest BCUT2D eigenvalue weighted by molar-refractivity contribution is -0.119. The molecule has 0 unspecified atom stereocenters. The molecule has 0 bridgehead atoms. The van der Waals surface area contributed by atoms with Crippen molar-refractivity contribution in [1.82, 2.24) is 5.32 Å². The molecule has 2 amide bonds. The van der Waals surface area contributed by atoms with E-state index in [1.165, 1.54) is 0 Å². The van der Waals surface area contributed by atoms with Crippen molar-refractivity contribution in [2.75, 3.05) is 0 Å². The lowest BCUT2D eigenvalue weighted by Gasteiger charge is -2.11. The summed E-state index contributed by atoms with van der Waals surface area (Å²) >= 11 is 0. The maximum atomic E-state index is 13.7. The number of alkyl halides is 2. The number of nitrogens with one attached hydrogen (secondary N) is 1. The van der Waals surface area contributed by atoms with Crippen molar-refractivity contribution in [3.8, 4) is 5.75 Å². The zero-order valence-corrected chi connectivity index (χ0v) is 11.8. The lowest BCUT2D eigenvalue weighted by Crippen LogP contribution is -2.32. The zero-order valence-electron chi connectivity index (χ0n) is 11.8. The minimum absolute atomic E-state index is 0.105. The van der Waals surface area contributed by atoms with Crippen LogP contribution in [0.3, 0.4) is 0 Å². The molecule has 0 aliphatic carbocycles. The zero-order chi connectivity index (χ0) is 16.8. The SMILES string of the molecule is O=C(Cc1ccccc1)NC(=O)c1c(F)cccc1OC(F)F. The molecular weight excluding hydrogens is 311 g/mol. The van der Waals surface area contributed by atoms with Gasteiger partial charge >= 0.3 is 6.61 Å². The van der Waals surface area contributed by atoms with Crippen molar-refractivity contribution in [1.29, 1.82) is 0 Å². The van der Waals surface area contributed by atoms with E-state index in [9.17, 15) is 22.8 Å². The molecule has 0 aromatic heterocycles. The molecule has 0 fully saturated rings. The molecule has 0 saturated heterocycles. The molecule has 0 radical (unpaired) electrons. The number of hydrogen-bond donors (Lipinski definition) is 1. The Morgan fingerprint density at radius 1 is 1.04 bits per heavy atom. The Hall–Kier alpha value is -2.83. The topological polar surface area (TPSA) is 55.4 Å². The minimum atomic E-state index is -3.22. The predicted molar refractivity (Wildman–Crippen MR) is 75.7 cm³/mol. The Morgan fingerprint density at radius 2 is 1.74 bits per heavy atom. The van der Waals surface area contributed by atoms with Gasteiger partial charge in [-0.1, -0.05) is 36.4 Å². The van der Waals surface area contributed by atoms with Gasteiger partial charge in [-0.05, 0) is 17.7 Å². The highest BCUT2D eigenvalue weighted by Crippen LogP contribution is 2.23. The van der Waals surface area contributed by atoms with E-state index in [4.69, 9.17) is 0 Å². The first kappa shape index (κ1) is 16.5. The summed E-state index contributed by atoms with van der Waals surface area (Å²) < 4.78 is 42.4. The smallest absolute Gasteiger partial charge is 0.387 e. The first-order valence-corrected chi connectivity index (χ1v) is 6.59. The van der Waals surface area contributed by atoms with Gasteiger partial charge < -0.3 is 4.74 Å². The van der Waals surface area contributed by atoms with E-state index >= 15 is 0 Å². The summed E-state index contributed by atoms with van der Waals surface area (Å²) in [4.78, 5) is 23.8. The number of imide groups is 1. The van der Waals surface area contributed by atoms with Crippen LogP contribution in [0.4, 0.5) is 13.2 Å². The van der Waals surface area contributed by atoms with Crippen LogP contribution in [0.1, 0.15) is 15.9 Å². The van der Waals surface area contributed by atoms with Crippen molar-refractivity contribution in [2.24, 2.45) is 0 Å². The first-order valence-electron chi connectivity index (χ1n) is 6.59. The molecule has 0 spiro atoms. The molecule has 0 saturated carbocycles. The summed E-state index contributed by atoms with van der Waals surface area (Å²) in [5, 5.41) is 1.96. The monoisotopic (exact) mass is 323 g/mol. The second kappa shape index (κ2) is 7.44. The van der Waals surface area contributed by atoms with Crippen molar-refractivity contribution in [2.45, 2.75) is 13.0 Å². The second-order valence-electron chi connectivity index (χ2n) is 4.53. The van der Waals surface area contributed by atoms with Gasteiger partial charge in [-0.15, -0.1) is 0 Å². The van der Waals surface area contributed by atoms with E-state index in [0.717, 1.165) is 18.2 Å².